The summed E-state index contributed by atoms with van der Waals surface area (Å²) in [4.78, 5) is 28.7. The fourth-order valence-corrected chi connectivity index (χ4v) is 4.47. The molecule has 1 aromatic rings. The fraction of sp³-hybridized carbons (Fsp3) is 0.600. The summed E-state index contributed by atoms with van der Waals surface area (Å²) in [6.45, 7) is 4.97. The van der Waals surface area contributed by atoms with Gasteiger partial charge in [-0.15, -0.1) is 0 Å². The zero-order chi connectivity index (χ0) is 19.0. The highest BCUT2D eigenvalue weighted by atomic mass is 16.6. The molecule has 0 radical (unpaired) electrons. The predicted molar refractivity (Wildman–Crippen MR) is 99.7 cm³/mol. The molecule has 146 valence electrons. The van der Waals surface area contributed by atoms with Crippen LogP contribution in [0.4, 0.5) is 4.79 Å². The Kier molecular flexibility index (Phi) is 4.72. The van der Waals surface area contributed by atoms with Crippen LogP contribution in [0.2, 0.25) is 0 Å². The zero-order valence-corrected chi connectivity index (χ0v) is 16.0. The average Bonchev–Trinajstić information content (AvgIpc) is 2.96. The van der Waals surface area contributed by atoms with E-state index < -0.39 is 5.60 Å². The number of carbonyl (C=O) groups is 2. The summed E-state index contributed by atoms with van der Waals surface area (Å²) >= 11 is 0. The first-order valence-corrected chi connectivity index (χ1v) is 9.66. The standard InChI is InChI=1S/C20H27N3O4/c1-14-17-11-16(26-2)4-3-15(17)5-10-23(14)18(24)12-22-13-20(27-19(22)25)6-8-21-9-7-20/h3-4,11,14,21H,5-10,12-13H2,1-2H3/t14-/m1/s1. The van der Waals surface area contributed by atoms with Crippen molar-refractivity contribution in [1.29, 1.82) is 0 Å². The molecular formula is C20H27N3O4. The van der Waals surface area contributed by atoms with E-state index in [0.29, 0.717) is 13.1 Å². The van der Waals surface area contributed by atoms with E-state index in [4.69, 9.17) is 9.47 Å². The Morgan fingerprint density at radius 3 is 2.89 bits per heavy atom. The third-order valence-electron chi connectivity index (χ3n) is 6.09. The van der Waals surface area contributed by atoms with E-state index in [9.17, 15) is 9.59 Å². The molecule has 0 unspecified atom stereocenters. The largest absolute Gasteiger partial charge is 0.497 e. The highest BCUT2D eigenvalue weighted by Gasteiger charge is 2.46. The van der Waals surface area contributed by atoms with Crippen LogP contribution in [0.5, 0.6) is 5.75 Å². The van der Waals surface area contributed by atoms with Crippen LogP contribution in [0.25, 0.3) is 0 Å². The molecule has 0 bridgehead atoms. The number of fused-ring (bicyclic) bond motifs is 1. The van der Waals surface area contributed by atoms with E-state index in [1.165, 1.54) is 5.56 Å². The van der Waals surface area contributed by atoms with Crippen LogP contribution in [0.1, 0.15) is 36.9 Å². The number of rotatable bonds is 3. The summed E-state index contributed by atoms with van der Waals surface area (Å²) in [5.74, 6) is 0.768. The zero-order valence-electron chi connectivity index (χ0n) is 16.0. The summed E-state index contributed by atoms with van der Waals surface area (Å²) < 4.78 is 11.0. The maximum atomic E-state index is 13.0. The number of nitrogens with one attached hydrogen (secondary N) is 1. The van der Waals surface area contributed by atoms with Crippen molar-refractivity contribution in [3.05, 3.63) is 29.3 Å². The summed E-state index contributed by atoms with van der Waals surface area (Å²) in [5, 5.41) is 3.29. The number of methoxy groups -OCH3 is 1. The molecule has 2 amide bonds. The van der Waals surface area contributed by atoms with E-state index in [-0.39, 0.29) is 24.6 Å². The van der Waals surface area contributed by atoms with Gasteiger partial charge in [-0.05, 0) is 49.7 Å². The van der Waals surface area contributed by atoms with E-state index in [2.05, 4.69) is 11.4 Å². The second-order valence-corrected chi connectivity index (χ2v) is 7.73. The van der Waals surface area contributed by atoms with E-state index in [1.807, 2.05) is 24.0 Å². The Morgan fingerprint density at radius 1 is 1.37 bits per heavy atom. The molecule has 4 rings (SSSR count). The van der Waals surface area contributed by atoms with Crippen LogP contribution >= 0.6 is 0 Å². The molecule has 2 saturated heterocycles. The van der Waals surface area contributed by atoms with Crippen molar-refractivity contribution in [2.75, 3.05) is 39.8 Å². The normalized spacial score (nSPS) is 23.9. The van der Waals surface area contributed by atoms with Gasteiger partial charge in [-0.3, -0.25) is 9.69 Å². The van der Waals surface area contributed by atoms with Gasteiger partial charge in [0.1, 0.15) is 17.9 Å². The van der Waals surface area contributed by atoms with Crippen molar-refractivity contribution in [3.8, 4) is 5.75 Å². The van der Waals surface area contributed by atoms with Crippen LogP contribution in [0.3, 0.4) is 0 Å². The molecule has 3 heterocycles. The highest BCUT2D eigenvalue weighted by Crippen LogP contribution is 2.34. The van der Waals surface area contributed by atoms with Crippen molar-refractivity contribution in [1.82, 2.24) is 15.1 Å². The molecule has 0 aromatic heterocycles. The van der Waals surface area contributed by atoms with Gasteiger partial charge in [-0.2, -0.15) is 0 Å². The van der Waals surface area contributed by atoms with Gasteiger partial charge in [0.05, 0.1) is 19.7 Å². The third kappa shape index (κ3) is 3.36. The number of hydrogen-bond donors (Lipinski definition) is 1. The molecule has 3 aliphatic rings. The lowest BCUT2D eigenvalue weighted by atomic mass is 9.92. The second kappa shape index (κ2) is 7.03. The highest BCUT2D eigenvalue weighted by molar-refractivity contribution is 5.84. The first-order chi connectivity index (χ1) is 13.0. The van der Waals surface area contributed by atoms with Gasteiger partial charge in [-0.1, -0.05) is 6.07 Å². The van der Waals surface area contributed by atoms with Crippen molar-refractivity contribution < 1.29 is 19.1 Å². The molecule has 1 spiro atoms. The second-order valence-electron chi connectivity index (χ2n) is 7.73. The number of carbonyl (C=O) groups excluding carboxylic acids is 2. The molecule has 3 aliphatic heterocycles. The van der Waals surface area contributed by atoms with E-state index >= 15 is 0 Å². The molecule has 7 nitrogen and oxygen atoms in total. The summed E-state index contributed by atoms with van der Waals surface area (Å²) in [6, 6.07) is 6.00. The van der Waals surface area contributed by atoms with Crippen molar-refractivity contribution in [2.45, 2.75) is 37.8 Å². The minimum atomic E-state index is -0.421. The quantitative estimate of drug-likeness (QED) is 0.874. The number of nitrogens with zero attached hydrogens (tertiary/aromatic N) is 2. The van der Waals surface area contributed by atoms with Crippen LogP contribution in [0, 0.1) is 0 Å². The van der Waals surface area contributed by atoms with Gasteiger partial charge < -0.3 is 19.7 Å². The number of benzene rings is 1. The van der Waals surface area contributed by atoms with Crippen molar-refractivity contribution >= 4 is 12.0 Å². The summed E-state index contributed by atoms with van der Waals surface area (Å²) in [7, 11) is 1.65. The number of amides is 2. The predicted octanol–water partition coefficient (Wildman–Crippen LogP) is 1.72. The van der Waals surface area contributed by atoms with Crippen LogP contribution < -0.4 is 10.1 Å². The first kappa shape index (κ1) is 18.1. The Hall–Kier alpha value is -2.28. The number of ether oxygens (including phenoxy) is 2. The molecule has 1 N–H and O–H groups in total. The summed E-state index contributed by atoms with van der Waals surface area (Å²) in [5.41, 5.74) is 1.95. The Bertz CT molecular complexity index is 745. The van der Waals surface area contributed by atoms with Crippen molar-refractivity contribution in [3.63, 3.8) is 0 Å². The first-order valence-electron chi connectivity index (χ1n) is 9.66. The van der Waals surface area contributed by atoms with E-state index in [1.54, 1.807) is 12.0 Å². The SMILES string of the molecule is COc1ccc2c(c1)[C@@H](C)N(C(=O)CN1CC3(CCNCC3)OC1=O)CC2. The van der Waals surface area contributed by atoms with Gasteiger partial charge in [0.25, 0.3) is 0 Å². The number of piperidine rings is 1. The lowest BCUT2D eigenvalue weighted by molar-refractivity contribution is -0.134. The third-order valence-corrected chi connectivity index (χ3v) is 6.09. The maximum absolute atomic E-state index is 13.0. The molecule has 7 heteroatoms. The molecular weight excluding hydrogens is 346 g/mol. The van der Waals surface area contributed by atoms with Gasteiger partial charge in [-0.25, -0.2) is 4.79 Å². The van der Waals surface area contributed by atoms with Crippen LogP contribution in [-0.2, 0) is 16.0 Å². The summed E-state index contributed by atoms with van der Waals surface area (Å²) in [6.07, 6.45) is 2.06. The minimum Gasteiger partial charge on any atom is -0.497 e. The molecule has 1 atom stereocenters. The van der Waals surface area contributed by atoms with Gasteiger partial charge in [0.2, 0.25) is 5.91 Å². The topological polar surface area (TPSA) is 71.1 Å². The average molecular weight is 373 g/mol. The molecule has 0 saturated carbocycles. The van der Waals surface area contributed by atoms with Gasteiger partial charge in [0, 0.05) is 19.4 Å². The monoisotopic (exact) mass is 373 g/mol. The Balaban J connectivity index is 1.45. The van der Waals surface area contributed by atoms with Crippen molar-refractivity contribution in [2.24, 2.45) is 0 Å². The number of hydrogen-bond acceptors (Lipinski definition) is 5. The smallest absolute Gasteiger partial charge is 0.410 e. The van der Waals surface area contributed by atoms with Crippen LogP contribution in [0.15, 0.2) is 18.2 Å². The van der Waals surface area contributed by atoms with Gasteiger partial charge >= 0.3 is 6.09 Å². The minimum absolute atomic E-state index is 0.0288. The van der Waals surface area contributed by atoms with E-state index in [0.717, 1.165) is 43.7 Å². The molecule has 1 aromatic carbocycles. The Morgan fingerprint density at radius 2 is 2.15 bits per heavy atom. The Labute approximate surface area is 159 Å². The lowest BCUT2D eigenvalue weighted by Gasteiger charge is -2.36. The molecule has 0 aliphatic carbocycles. The molecule has 27 heavy (non-hydrogen) atoms. The van der Waals surface area contributed by atoms with Crippen LogP contribution in [-0.4, -0.2) is 67.2 Å². The fourth-order valence-electron chi connectivity index (χ4n) is 4.47. The van der Waals surface area contributed by atoms with Gasteiger partial charge in [0.15, 0.2) is 0 Å². The lowest BCUT2D eigenvalue weighted by Crippen LogP contribution is -2.47. The maximum Gasteiger partial charge on any atom is 0.410 e. The molecule has 2 fully saturated rings.